The van der Waals surface area contributed by atoms with Crippen LogP contribution in [0, 0.1) is 0 Å². The summed E-state index contributed by atoms with van der Waals surface area (Å²) in [5, 5.41) is 0. The van der Waals surface area contributed by atoms with Gasteiger partial charge in [-0.25, -0.2) is 0 Å². The molecule has 0 bridgehead atoms. The predicted octanol–water partition coefficient (Wildman–Crippen LogP) is 3.21. The first-order valence-corrected chi connectivity index (χ1v) is 6.91. The number of aliphatic imine (C=N–C) groups is 1. The minimum Gasteiger partial charge on any atom is -0.370 e. The lowest BCUT2D eigenvalue weighted by Gasteiger charge is -2.00. The third-order valence-electron chi connectivity index (χ3n) is 2.73. The lowest BCUT2D eigenvalue weighted by Crippen LogP contribution is -2.23. The molecule has 0 aliphatic carbocycles. The van der Waals surface area contributed by atoms with Crippen LogP contribution in [0.5, 0.6) is 0 Å². The maximum absolute atomic E-state index is 11.3. The van der Waals surface area contributed by atoms with Crippen molar-refractivity contribution < 1.29 is 4.79 Å². The number of guanidine groups is 1. The molecular formula is C16H27N3O. The van der Waals surface area contributed by atoms with Gasteiger partial charge in [-0.05, 0) is 53.4 Å². The lowest BCUT2D eigenvalue weighted by atomic mass is 10.1. The third-order valence-corrected chi connectivity index (χ3v) is 2.73. The van der Waals surface area contributed by atoms with E-state index in [9.17, 15) is 4.79 Å². The van der Waals surface area contributed by atoms with Gasteiger partial charge in [0, 0.05) is 6.08 Å². The molecule has 0 saturated heterocycles. The number of nitrogens with zero attached hydrogens (tertiary/aromatic N) is 1. The topological polar surface area (TPSA) is 81.5 Å². The van der Waals surface area contributed by atoms with Gasteiger partial charge in [0.1, 0.15) is 0 Å². The standard InChI is InChI=1S/C16H27N3O/c1-12(2)7-5-8-13(3)9-6-10-14(4)11-15(20)19-16(17)18/h7,9,11H,5-6,8,10H2,1-4H3,(H4,17,18,19,20)/b13-9+,14-11+. The van der Waals surface area contributed by atoms with Crippen molar-refractivity contribution in [2.75, 3.05) is 0 Å². The molecule has 0 heterocycles. The van der Waals surface area contributed by atoms with E-state index in [0.717, 1.165) is 31.3 Å². The highest BCUT2D eigenvalue weighted by molar-refractivity contribution is 5.97. The molecule has 0 aliphatic rings. The van der Waals surface area contributed by atoms with E-state index in [1.807, 2.05) is 6.92 Å². The number of hydrogen-bond donors (Lipinski definition) is 2. The zero-order valence-electron chi connectivity index (χ0n) is 13.1. The normalized spacial score (nSPS) is 12.0. The van der Waals surface area contributed by atoms with E-state index in [2.05, 4.69) is 37.9 Å². The van der Waals surface area contributed by atoms with Gasteiger partial charge in [-0.15, -0.1) is 0 Å². The van der Waals surface area contributed by atoms with Crippen LogP contribution in [0.15, 0.2) is 39.9 Å². The first kappa shape index (κ1) is 18.2. The van der Waals surface area contributed by atoms with E-state index in [0.29, 0.717) is 0 Å². The minimum atomic E-state index is -0.397. The van der Waals surface area contributed by atoms with Gasteiger partial charge < -0.3 is 11.5 Å². The van der Waals surface area contributed by atoms with Crippen LogP contribution in [-0.4, -0.2) is 11.9 Å². The lowest BCUT2D eigenvalue weighted by molar-refractivity contribution is -0.113. The molecule has 0 saturated carbocycles. The summed E-state index contributed by atoms with van der Waals surface area (Å²) in [7, 11) is 0. The third kappa shape index (κ3) is 11.3. The number of hydrogen-bond acceptors (Lipinski definition) is 1. The monoisotopic (exact) mass is 277 g/mol. The highest BCUT2D eigenvalue weighted by atomic mass is 16.1. The Balaban J connectivity index is 4.15. The van der Waals surface area contributed by atoms with E-state index in [4.69, 9.17) is 11.5 Å². The average molecular weight is 277 g/mol. The van der Waals surface area contributed by atoms with Crippen LogP contribution in [0.4, 0.5) is 0 Å². The van der Waals surface area contributed by atoms with Crippen LogP contribution in [0.1, 0.15) is 53.4 Å². The van der Waals surface area contributed by atoms with Gasteiger partial charge in [0.2, 0.25) is 0 Å². The summed E-state index contributed by atoms with van der Waals surface area (Å²) in [6.45, 7) is 8.27. The van der Waals surface area contributed by atoms with Crippen molar-refractivity contribution in [3.8, 4) is 0 Å². The summed E-state index contributed by atoms with van der Waals surface area (Å²) >= 11 is 0. The number of nitrogens with two attached hydrogens (primary N) is 2. The smallest absolute Gasteiger partial charge is 0.272 e. The summed E-state index contributed by atoms with van der Waals surface area (Å²) in [5.74, 6) is -0.596. The Labute approximate surface area is 122 Å². The van der Waals surface area contributed by atoms with Crippen molar-refractivity contribution in [3.63, 3.8) is 0 Å². The molecular weight excluding hydrogens is 250 g/mol. The largest absolute Gasteiger partial charge is 0.370 e. The molecule has 0 aromatic carbocycles. The van der Waals surface area contributed by atoms with Gasteiger partial charge in [0.15, 0.2) is 5.96 Å². The molecule has 112 valence electrons. The predicted molar refractivity (Wildman–Crippen MR) is 86.2 cm³/mol. The van der Waals surface area contributed by atoms with Crippen LogP contribution in [0.25, 0.3) is 0 Å². The average Bonchev–Trinajstić information content (AvgIpc) is 2.26. The fourth-order valence-corrected chi connectivity index (χ4v) is 1.68. The van der Waals surface area contributed by atoms with E-state index in [1.54, 1.807) is 0 Å². The first-order valence-electron chi connectivity index (χ1n) is 6.91. The maximum Gasteiger partial charge on any atom is 0.272 e. The molecule has 0 fully saturated rings. The molecule has 4 N–H and O–H groups in total. The van der Waals surface area contributed by atoms with Crippen molar-refractivity contribution in [3.05, 3.63) is 34.9 Å². The van der Waals surface area contributed by atoms with Gasteiger partial charge in [-0.2, -0.15) is 4.99 Å². The van der Waals surface area contributed by atoms with Gasteiger partial charge in [0.25, 0.3) is 5.91 Å². The Morgan fingerprint density at radius 2 is 1.50 bits per heavy atom. The van der Waals surface area contributed by atoms with E-state index in [1.165, 1.54) is 17.2 Å². The minimum absolute atomic E-state index is 0.200. The van der Waals surface area contributed by atoms with E-state index < -0.39 is 5.91 Å². The Morgan fingerprint density at radius 1 is 0.950 bits per heavy atom. The summed E-state index contributed by atoms with van der Waals surface area (Å²) in [6, 6.07) is 0. The Kier molecular flexibility index (Phi) is 9.09. The molecule has 0 radical (unpaired) electrons. The number of carbonyl (C=O) groups is 1. The van der Waals surface area contributed by atoms with Crippen LogP contribution >= 0.6 is 0 Å². The van der Waals surface area contributed by atoms with Crippen molar-refractivity contribution in [2.24, 2.45) is 16.5 Å². The Bertz CT molecular complexity index is 435. The molecule has 4 heteroatoms. The van der Waals surface area contributed by atoms with Crippen molar-refractivity contribution in [1.29, 1.82) is 0 Å². The molecule has 0 rings (SSSR count). The number of carbonyl (C=O) groups excluding carboxylic acids is 1. The molecule has 0 unspecified atom stereocenters. The van der Waals surface area contributed by atoms with Crippen molar-refractivity contribution in [2.45, 2.75) is 53.4 Å². The molecule has 4 nitrogen and oxygen atoms in total. The number of rotatable bonds is 7. The van der Waals surface area contributed by atoms with Gasteiger partial charge >= 0.3 is 0 Å². The highest BCUT2D eigenvalue weighted by Crippen LogP contribution is 2.11. The molecule has 0 atom stereocenters. The van der Waals surface area contributed by atoms with Gasteiger partial charge in [-0.1, -0.05) is 28.9 Å². The molecule has 0 aliphatic heterocycles. The first-order chi connectivity index (χ1) is 9.31. The highest BCUT2D eigenvalue weighted by Gasteiger charge is 1.97. The van der Waals surface area contributed by atoms with E-state index >= 15 is 0 Å². The molecule has 1 amide bonds. The fourth-order valence-electron chi connectivity index (χ4n) is 1.68. The Hall–Kier alpha value is -1.84. The Morgan fingerprint density at radius 3 is 2.05 bits per heavy atom. The molecule has 0 spiro atoms. The SMILES string of the molecule is CC(C)=CCC/C(C)=C/CC/C(C)=C/C(=O)N=C(N)N. The second-order valence-corrected chi connectivity index (χ2v) is 5.27. The van der Waals surface area contributed by atoms with Crippen molar-refractivity contribution >= 4 is 11.9 Å². The second-order valence-electron chi connectivity index (χ2n) is 5.27. The van der Waals surface area contributed by atoms with Gasteiger partial charge in [0.05, 0.1) is 0 Å². The number of allylic oxidation sites excluding steroid dienone is 5. The quantitative estimate of drug-likeness (QED) is 0.324. The second kappa shape index (κ2) is 10.0. The van der Waals surface area contributed by atoms with Crippen LogP contribution in [0.2, 0.25) is 0 Å². The van der Waals surface area contributed by atoms with Crippen molar-refractivity contribution in [1.82, 2.24) is 0 Å². The van der Waals surface area contributed by atoms with Crippen LogP contribution in [0.3, 0.4) is 0 Å². The fraction of sp³-hybridized carbons (Fsp3) is 0.500. The summed E-state index contributed by atoms with van der Waals surface area (Å²) in [4.78, 5) is 14.8. The van der Waals surface area contributed by atoms with Crippen LogP contribution < -0.4 is 11.5 Å². The van der Waals surface area contributed by atoms with Crippen LogP contribution in [-0.2, 0) is 4.79 Å². The molecule has 0 aromatic rings. The summed E-state index contributed by atoms with van der Waals surface area (Å²) in [5.41, 5.74) is 14.0. The summed E-state index contributed by atoms with van der Waals surface area (Å²) < 4.78 is 0. The van der Waals surface area contributed by atoms with Gasteiger partial charge in [-0.3, -0.25) is 4.79 Å². The maximum atomic E-state index is 11.3. The molecule has 0 aromatic heterocycles. The van der Waals surface area contributed by atoms with E-state index in [-0.39, 0.29) is 5.96 Å². The summed E-state index contributed by atoms with van der Waals surface area (Å²) in [6.07, 6.45) is 9.89. The number of amides is 1. The zero-order valence-corrected chi connectivity index (χ0v) is 13.1. The zero-order chi connectivity index (χ0) is 15.5. The molecule has 20 heavy (non-hydrogen) atoms.